The van der Waals surface area contributed by atoms with Crippen molar-refractivity contribution in [2.24, 2.45) is 5.73 Å². The second kappa shape index (κ2) is 6.74. The molecule has 0 spiro atoms. The molecule has 120 valence electrons. The Balaban J connectivity index is 2.18. The van der Waals surface area contributed by atoms with Crippen LogP contribution >= 0.6 is 0 Å². The van der Waals surface area contributed by atoms with Crippen molar-refractivity contribution in [1.82, 2.24) is 10.2 Å². The maximum Gasteiger partial charge on any atom is 0.241 e. The second-order valence-electron chi connectivity index (χ2n) is 5.78. The molecule has 2 saturated heterocycles. The van der Waals surface area contributed by atoms with E-state index < -0.39 is 26.9 Å². The molecule has 21 heavy (non-hydrogen) atoms. The van der Waals surface area contributed by atoms with Crippen molar-refractivity contribution < 1.29 is 18.0 Å². The van der Waals surface area contributed by atoms with Gasteiger partial charge in [-0.3, -0.25) is 9.59 Å². The molecule has 0 radical (unpaired) electrons. The van der Waals surface area contributed by atoms with Gasteiger partial charge in [0.2, 0.25) is 11.8 Å². The Labute approximate surface area is 125 Å². The van der Waals surface area contributed by atoms with Crippen LogP contribution in [0.15, 0.2) is 0 Å². The molecule has 2 heterocycles. The molecule has 2 amide bonds. The predicted octanol–water partition coefficient (Wildman–Crippen LogP) is -0.980. The van der Waals surface area contributed by atoms with Gasteiger partial charge in [-0.2, -0.15) is 0 Å². The summed E-state index contributed by atoms with van der Waals surface area (Å²) < 4.78 is 24.2. The fourth-order valence-electron chi connectivity index (χ4n) is 3.07. The first-order valence-corrected chi connectivity index (χ1v) is 9.14. The van der Waals surface area contributed by atoms with Crippen LogP contribution in [0.1, 0.15) is 32.1 Å². The van der Waals surface area contributed by atoms with Gasteiger partial charge in [-0.1, -0.05) is 6.42 Å². The first kappa shape index (κ1) is 16.2. The van der Waals surface area contributed by atoms with Crippen molar-refractivity contribution in [3.63, 3.8) is 0 Å². The highest BCUT2D eigenvalue weighted by Crippen LogP contribution is 2.23. The highest BCUT2D eigenvalue weighted by molar-refractivity contribution is 7.92. The normalized spacial score (nSPS) is 28.8. The molecular weight excluding hydrogens is 294 g/mol. The molecule has 0 bridgehead atoms. The van der Waals surface area contributed by atoms with Crippen LogP contribution in [0.5, 0.6) is 0 Å². The van der Waals surface area contributed by atoms with E-state index >= 15 is 0 Å². The molecule has 2 fully saturated rings. The Morgan fingerprint density at radius 1 is 1.19 bits per heavy atom. The van der Waals surface area contributed by atoms with Crippen LogP contribution in [0.2, 0.25) is 0 Å². The third-order valence-corrected chi connectivity index (χ3v) is 6.34. The lowest BCUT2D eigenvalue weighted by Crippen LogP contribution is -2.55. The molecule has 7 nitrogen and oxygen atoms in total. The zero-order valence-corrected chi connectivity index (χ0v) is 12.9. The van der Waals surface area contributed by atoms with E-state index in [0.29, 0.717) is 19.4 Å². The van der Waals surface area contributed by atoms with Gasteiger partial charge in [0.05, 0.1) is 12.3 Å². The van der Waals surface area contributed by atoms with E-state index in [0.717, 1.165) is 25.8 Å². The monoisotopic (exact) mass is 317 g/mol. The minimum absolute atomic E-state index is 0.0523. The van der Waals surface area contributed by atoms with Gasteiger partial charge in [-0.05, 0) is 32.2 Å². The van der Waals surface area contributed by atoms with E-state index in [-0.39, 0.29) is 18.3 Å². The van der Waals surface area contributed by atoms with Gasteiger partial charge in [0.15, 0.2) is 9.84 Å². The quantitative estimate of drug-likeness (QED) is 0.692. The van der Waals surface area contributed by atoms with Crippen molar-refractivity contribution >= 4 is 21.7 Å². The number of primary amides is 1. The molecule has 0 saturated carbocycles. The van der Waals surface area contributed by atoms with Gasteiger partial charge in [0.1, 0.15) is 5.25 Å². The number of hydrogen-bond donors (Lipinski definition) is 2. The molecule has 2 aliphatic rings. The molecule has 0 aromatic carbocycles. The summed E-state index contributed by atoms with van der Waals surface area (Å²) in [6.45, 7) is 1.24. The van der Waals surface area contributed by atoms with Crippen LogP contribution in [-0.4, -0.2) is 61.8 Å². The highest BCUT2D eigenvalue weighted by Gasteiger charge is 2.40. The summed E-state index contributed by atoms with van der Waals surface area (Å²) in [6.07, 6.45) is 3.33. The van der Waals surface area contributed by atoms with Gasteiger partial charge in [-0.15, -0.1) is 0 Å². The Bertz CT molecular complexity index is 500. The lowest BCUT2D eigenvalue weighted by molar-refractivity contribution is -0.137. The summed E-state index contributed by atoms with van der Waals surface area (Å²) >= 11 is 0. The topological polar surface area (TPSA) is 110 Å². The third kappa shape index (κ3) is 3.94. The number of carbonyl (C=O) groups is 2. The zero-order valence-electron chi connectivity index (χ0n) is 12.1. The van der Waals surface area contributed by atoms with Crippen molar-refractivity contribution in [1.29, 1.82) is 0 Å². The lowest BCUT2D eigenvalue weighted by Gasteiger charge is -2.36. The van der Waals surface area contributed by atoms with Crippen LogP contribution in [0.3, 0.4) is 0 Å². The van der Waals surface area contributed by atoms with E-state index in [1.165, 1.54) is 4.90 Å². The number of hydrogen-bond acceptors (Lipinski definition) is 5. The van der Waals surface area contributed by atoms with Gasteiger partial charge in [-0.25, -0.2) is 8.42 Å². The van der Waals surface area contributed by atoms with Crippen molar-refractivity contribution in [2.75, 3.05) is 25.4 Å². The Morgan fingerprint density at radius 3 is 2.52 bits per heavy atom. The van der Waals surface area contributed by atoms with Crippen molar-refractivity contribution in [3.05, 3.63) is 0 Å². The molecule has 0 aromatic heterocycles. The molecule has 8 heteroatoms. The Morgan fingerprint density at radius 2 is 1.95 bits per heavy atom. The SMILES string of the molecule is NC(=O)CN(C(=O)C1CCCCS1(=O)=O)C1CCCNC1. The first-order valence-electron chi connectivity index (χ1n) is 7.43. The number of amides is 2. The largest absolute Gasteiger partial charge is 0.368 e. The molecule has 3 N–H and O–H groups in total. The summed E-state index contributed by atoms with van der Waals surface area (Å²) in [5.74, 6) is -1.01. The number of rotatable bonds is 4. The summed E-state index contributed by atoms with van der Waals surface area (Å²) in [6, 6.07) is -0.157. The zero-order chi connectivity index (χ0) is 15.5. The molecule has 2 atom stereocenters. The highest BCUT2D eigenvalue weighted by atomic mass is 32.2. The van der Waals surface area contributed by atoms with E-state index in [1.54, 1.807) is 0 Å². The third-order valence-electron chi connectivity index (χ3n) is 4.17. The maximum absolute atomic E-state index is 12.7. The van der Waals surface area contributed by atoms with E-state index in [9.17, 15) is 18.0 Å². The van der Waals surface area contributed by atoms with E-state index in [4.69, 9.17) is 5.73 Å². The smallest absolute Gasteiger partial charge is 0.241 e. The fraction of sp³-hybridized carbons (Fsp3) is 0.846. The predicted molar refractivity (Wildman–Crippen MR) is 78.2 cm³/mol. The molecule has 0 aliphatic carbocycles. The summed E-state index contributed by atoms with van der Waals surface area (Å²) in [5, 5.41) is 2.16. The van der Waals surface area contributed by atoms with Crippen molar-refractivity contribution in [2.45, 2.75) is 43.4 Å². The van der Waals surface area contributed by atoms with Gasteiger partial charge in [0, 0.05) is 12.6 Å². The molecule has 2 rings (SSSR count). The van der Waals surface area contributed by atoms with Crippen LogP contribution < -0.4 is 11.1 Å². The molecule has 0 aromatic rings. The standard InChI is InChI=1S/C13H23N3O4S/c14-12(17)9-16(10-4-3-6-15-8-10)13(18)11-5-1-2-7-21(11,19)20/h10-11,15H,1-9H2,(H2,14,17). The van der Waals surface area contributed by atoms with Gasteiger partial charge in [0.25, 0.3) is 0 Å². The first-order chi connectivity index (χ1) is 9.92. The summed E-state index contributed by atoms with van der Waals surface area (Å²) in [4.78, 5) is 25.3. The van der Waals surface area contributed by atoms with E-state index in [1.807, 2.05) is 0 Å². The lowest BCUT2D eigenvalue weighted by atomic mass is 10.0. The summed E-state index contributed by atoms with van der Waals surface area (Å²) in [7, 11) is -3.41. The number of sulfone groups is 1. The van der Waals surface area contributed by atoms with Crippen LogP contribution in [0, 0.1) is 0 Å². The Kier molecular flexibility index (Phi) is 5.21. The number of nitrogens with two attached hydrogens (primary N) is 1. The van der Waals surface area contributed by atoms with Crippen LogP contribution in [0.25, 0.3) is 0 Å². The number of carbonyl (C=O) groups excluding carboxylic acids is 2. The van der Waals surface area contributed by atoms with E-state index in [2.05, 4.69) is 5.32 Å². The second-order valence-corrected chi connectivity index (χ2v) is 8.09. The molecule has 2 aliphatic heterocycles. The summed E-state index contributed by atoms with van der Waals surface area (Å²) in [5.41, 5.74) is 5.23. The minimum atomic E-state index is -3.41. The number of piperidine rings is 1. The molecule has 2 unspecified atom stereocenters. The number of nitrogens with zero attached hydrogens (tertiary/aromatic N) is 1. The minimum Gasteiger partial charge on any atom is -0.368 e. The van der Waals surface area contributed by atoms with Gasteiger partial charge < -0.3 is 16.0 Å². The fourth-order valence-corrected chi connectivity index (χ4v) is 4.93. The van der Waals surface area contributed by atoms with Gasteiger partial charge >= 0.3 is 0 Å². The maximum atomic E-state index is 12.7. The Hall–Kier alpha value is -1.15. The average molecular weight is 317 g/mol. The van der Waals surface area contributed by atoms with Crippen molar-refractivity contribution in [3.8, 4) is 0 Å². The average Bonchev–Trinajstić information content (AvgIpc) is 2.44. The van der Waals surface area contributed by atoms with Crippen LogP contribution in [0.4, 0.5) is 0 Å². The molecular formula is C13H23N3O4S. The van der Waals surface area contributed by atoms with Crippen LogP contribution in [-0.2, 0) is 19.4 Å². The number of nitrogens with one attached hydrogen (secondary N) is 1.